The molecule has 0 atom stereocenters. The van der Waals surface area contributed by atoms with E-state index in [0.717, 1.165) is 0 Å². The van der Waals surface area contributed by atoms with Crippen LogP contribution in [0.1, 0.15) is 0 Å². The van der Waals surface area contributed by atoms with Crippen molar-refractivity contribution in [3.8, 4) is 0 Å². The molecule has 0 heterocycles. The van der Waals surface area contributed by atoms with Crippen LogP contribution in [0.3, 0.4) is 0 Å². The van der Waals surface area contributed by atoms with Crippen molar-refractivity contribution < 1.29 is 93.2 Å². The fourth-order valence-corrected chi connectivity index (χ4v) is 0. The summed E-state index contributed by atoms with van der Waals surface area (Å²) in [5.74, 6) is 0. The monoisotopic (exact) mass is 195 g/mol. The Morgan fingerprint density at radius 2 is 1.14 bits per heavy atom. The second-order valence-electron chi connectivity index (χ2n) is 0.378. The molecule has 0 aliphatic rings. The van der Waals surface area contributed by atoms with Crippen LogP contribution in [0.2, 0.25) is 0 Å². The molecule has 0 bridgehead atoms. The third-order valence-electron chi connectivity index (χ3n) is 0. The van der Waals surface area contributed by atoms with Gasteiger partial charge in [-0.05, 0) is 0 Å². The van der Waals surface area contributed by atoms with Crippen molar-refractivity contribution >= 4 is 0 Å². The molecule has 0 rings (SSSR count). The first kappa shape index (κ1) is 16.0. The summed E-state index contributed by atoms with van der Waals surface area (Å²) in [7, 11) is 0. The molecule has 0 unspecified atom stereocenters. The standard InChI is InChI=1S/ClH2.K.Mn.4O/h1H2;;;;;;/q2*+1;;;;2*-1. The molecule has 41 valence electrons. The Kier molecular flexibility index (Phi) is 13.9. The van der Waals surface area contributed by atoms with E-state index in [9.17, 15) is 0 Å². The van der Waals surface area contributed by atoms with Gasteiger partial charge in [-0.1, -0.05) is 0 Å². The van der Waals surface area contributed by atoms with Crippen LogP contribution in [-0.4, -0.2) is 0 Å². The van der Waals surface area contributed by atoms with E-state index in [1.807, 2.05) is 0 Å². The van der Waals surface area contributed by atoms with E-state index in [-0.39, 0.29) is 63.8 Å². The molecule has 4 nitrogen and oxygen atoms in total. The topological polar surface area (TPSA) is 80.3 Å². The molecule has 0 radical (unpaired) electrons. The molecular weight excluding hydrogens is 193 g/mol. The van der Waals surface area contributed by atoms with Gasteiger partial charge in [0.2, 0.25) is 0 Å². The summed E-state index contributed by atoms with van der Waals surface area (Å²) in [6.45, 7) is 0. The van der Waals surface area contributed by atoms with Crippen molar-refractivity contribution in [1.82, 2.24) is 0 Å². The molecule has 0 fully saturated rings. The summed E-state index contributed by atoms with van der Waals surface area (Å²) in [5.41, 5.74) is 0. The van der Waals surface area contributed by atoms with Crippen LogP contribution in [-0.2, 0) is 21.0 Å². The first-order valence-electron chi connectivity index (χ1n) is 0.617. The summed E-state index contributed by atoms with van der Waals surface area (Å²) in [5, 5.41) is 0. The van der Waals surface area contributed by atoms with Gasteiger partial charge in [0.25, 0.3) is 0 Å². The van der Waals surface area contributed by atoms with E-state index in [0.29, 0.717) is 0 Å². The fourth-order valence-electron chi connectivity index (χ4n) is 0. The predicted octanol–water partition coefficient (Wildman–Crippen LogP) is -6.15. The predicted molar refractivity (Wildman–Crippen MR) is 4.16 cm³/mol. The van der Waals surface area contributed by atoms with E-state index in [2.05, 4.69) is 0 Å². The van der Waals surface area contributed by atoms with Gasteiger partial charge in [-0.3, -0.25) is 0 Å². The maximum absolute atomic E-state index is 8.58. The van der Waals surface area contributed by atoms with Gasteiger partial charge in [-0.2, -0.15) is 0 Å². The zero-order valence-electron chi connectivity index (χ0n) is 3.46. The Bertz CT molecular complexity index is 94.9. The third-order valence-corrected chi connectivity index (χ3v) is 0. The molecule has 0 amide bonds. The number of halogens is 1. The van der Waals surface area contributed by atoms with Gasteiger partial charge in [0.05, 0.1) is 12.4 Å². The molecule has 0 aromatic rings. The van der Waals surface area contributed by atoms with Crippen LogP contribution in [0.5, 0.6) is 0 Å². The summed E-state index contributed by atoms with van der Waals surface area (Å²) >= 11 is -5.62. The molecular formula is H2ClKMnO4. The fraction of sp³-hybridized carbons (Fsp3) is 0. The molecule has 0 saturated heterocycles. The van der Waals surface area contributed by atoms with Gasteiger partial charge in [0.15, 0.2) is 0 Å². The van der Waals surface area contributed by atoms with E-state index in [4.69, 9.17) is 16.0 Å². The molecule has 0 spiro atoms. The Labute approximate surface area is 91.4 Å². The number of hydrogen-bond donors (Lipinski definition) is 0. The molecule has 7 heavy (non-hydrogen) atoms. The van der Waals surface area contributed by atoms with E-state index >= 15 is 0 Å². The van der Waals surface area contributed by atoms with Crippen LogP contribution in [0.4, 0.5) is 0 Å². The minimum absolute atomic E-state index is 0. The van der Waals surface area contributed by atoms with Gasteiger partial charge < -0.3 is 0 Å². The van der Waals surface area contributed by atoms with Gasteiger partial charge >= 0.3 is 80.8 Å². The third kappa shape index (κ3) is 73.4. The van der Waals surface area contributed by atoms with Crippen LogP contribution >= 0.6 is 0 Å². The minimum atomic E-state index is -5.62. The van der Waals surface area contributed by atoms with Crippen LogP contribution in [0, 0.1) is 12.4 Å². The summed E-state index contributed by atoms with van der Waals surface area (Å²) < 4.78 is 34.3. The normalized spacial score (nSPS) is 8.29. The van der Waals surface area contributed by atoms with E-state index < -0.39 is 13.4 Å². The Morgan fingerprint density at radius 3 is 1.14 bits per heavy atom. The van der Waals surface area contributed by atoms with Gasteiger partial charge in [0, 0.05) is 0 Å². The molecule has 7 heteroatoms. The molecule has 0 aliphatic heterocycles. The quantitative estimate of drug-likeness (QED) is 0.360. The number of hydrogen-bond acceptors (Lipinski definition) is 4. The second kappa shape index (κ2) is 6.09. The van der Waals surface area contributed by atoms with Crippen molar-refractivity contribution in [1.29, 1.82) is 0 Å². The Hall–Kier alpha value is 1.97. The maximum atomic E-state index is 8.58. The van der Waals surface area contributed by atoms with Gasteiger partial charge in [0.1, 0.15) is 0 Å². The second-order valence-corrected chi connectivity index (χ2v) is 1.56. The molecule has 0 aliphatic carbocycles. The van der Waals surface area contributed by atoms with Crippen molar-refractivity contribution in [2.45, 2.75) is 0 Å². The molecule has 0 aromatic carbocycles. The Morgan fingerprint density at radius 1 is 1.14 bits per heavy atom. The Balaban J connectivity index is -0.0000000800. The first-order chi connectivity index (χ1) is 2.00. The van der Waals surface area contributed by atoms with Gasteiger partial charge in [-0.25, -0.2) is 0 Å². The number of rotatable bonds is 0. The molecule has 0 aromatic heterocycles. The van der Waals surface area contributed by atoms with Crippen molar-refractivity contribution in [3.63, 3.8) is 0 Å². The summed E-state index contributed by atoms with van der Waals surface area (Å²) in [6, 6.07) is 0. The molecule has 0 N–H and O–H groups in total. The average molecular weight is 196 g/mol. The van der Waals surface area contributed by atoms with E-state index in [1.165, 1.54) is 0 Å². The molecule has 0 saturated carbocycles. The SMILES string of the molecule is [ClH2+].[K+].[O]=[Mn](=[O])([O-])[O-]. The first-order valence-corrected chi connectivity index (χ1v) is 2.54. The van der Waals surface area contributed by atoms with Crippen molar-refractivity contribution in [2.75, 3.05) is 0 Å². The van der Waals surface area contributed by atoms with Gasteiger partial charge in [-0.15, -0.1) is 0 Å². The summed E-state index contributed by atoms with van der Waals surface area (Å²) in [4.78, 5) is 0. The van der Waals surface area contributed by atoms with Crippen molar-refractivity contribution in [2.24, 2.45) is 0 Å². The van der Waals surface area contributed by atoms with E-state index in [1.54, 1.807) is 0 Å². The zero-order valence-corrected chi connectivity index (χ0v) is 8.66. The van der Waals surface area contributed by atoms with Crippen molar-refractivity contribution in [3.05, 3.63) is 0 Å². The van der Waals surface area contributed by atoms with Crippen LogP contribution in [0.15, 0.2) is 0 Å². The van der Waals surface area contributed by atoms with Crippen LogP contribution in [0.25, 0.3) is 0 Å². The average Bonchev–Trinajstić information content (AvgIpc) is 0.722. The van der Waals surface area contributed by atoms with Crippen LogP contribution < -0.4 is 59.8 Å². The zero-order chi connectivity index (χ0) is 4.50. The summed E-state index contributed by atoms with van der Waals surface area (Å²) in [6.07, 6.45) is 0.